The molecule has 4 amide bonds. The van der Waals surface area contributed by atoms with Crippen molar-refractivity contribution in [2.75, 3.05) is 19.7 Å². The molecule has 254 valence electrons. The Morgan fingerprint density at radius 1 is 0.936 bits per heavy atom. The second kappa shape index (κ2) is 15.2. The van der Waals surface area contributed by atoms with Gasteiger partial charge in [-0.3, -0.25) is 19.4 Å². The van der Waals surface area contributed by atoms with Crippen molar-refractivity contribution in [3.63, 3.8) is 0 Å². The maximum Gasteiger partial charge on any atom is 0.411 e. The summed E-state index contributed by atoms with van der Waals surface area (Å²) in [7, 11) is -1.48. The summed E-state index contributed by atoms with van der Waals surface area (Å²) < 4.78 is 25.4. The van der Waals surface area contributed by atoms with E-state index >= 15 is 0 Å². The number of carbonyl (C=O) groups is 4. The lowest BCUT2D eigenvalue weighted by Crippen LogP contribution is -2.50. The maximum absolute atomic E-state index is 14.4. The van der Waals surface area contributed by atoms with Crippen molar-refractivity contribution >= 4 is 32.1 Å². The zero-order valence-electron chi connectivity index (χ0n) is 28.3. The molecule has 2 aliphatic heterocycles. The van der Waals surface area contributed by atoms with E-state index in [0.29, 0.717) is 5.92 Å². The number of carbonyl (C=O) groups excluding carboxylic acids is 4. The number of nitrogens with one attached hydrogen (secondary N) is 2. The van der Waals surface area contributed by atoms with Gasteiger partial charge in [0.25, 0.3) is 0 Å². The molecule has 0 spiro atoms. The van der Waals surface area contributed by atoms with Gasteiger partial charge in [-0.25, -0.2) is 14.0 Å². The molecule has 0 bridgehead atoms. The predicted octanol–water partition coefficient (Wildman–Crippen LogP) is 4.45. The standard InChI is InChI=1S/C35H47FN4O6Si/c1-35(2,3)46-34(44)39-22-27(36)19-29(39)32(42)38-28-20-30(40(23-28)33(43)45-17-18-47(4,5)6)31(41)37-21-26-15-13-25(14-16-26)10-8-7-9-24-11-12-24/h13-16,24,27-30H,11-12,17-23H2,1-6H3,(H,37,41)(H,38,42)/t27-,28+,29-,30+/m0/s1. The number of hydrogen-bond donors (Lipinski definition) is 2. The summed E-state index contributed by atoms with van der Waals surface area (Å²) in [6.07, 6.45) is -0.501. The van der Waals surface area contributed by atoms with Gasteiger partial charge >= 0.3 is 12.2 Å². The lowest BCUT2D eigenvalue weighted by atomic mass is 10.1. The minimum absolute atomic E-state index is 0.0326. The number of halogens is 1. The smallest absolute Gasteiger partial charge is 0.411 e. The average Bonchev–Trinajstić information content (AvgIpc) is 3.57. The van der Waals surface area contributed by atoms with Crippen LogP contribution in [0.15, 0.2) is 24.3 Å². The number of hydrogen-bond acceptors (Lipinski definition) is 6. The van der Waals surface area contributed by atoms with Gasteiger partial charge in [-0.2, -0.15) is 0 Å². The molecule has 0 radical (unpaired) electrons. The van der Waals surface area contributed by atoms with E-state index in [1.165, 1.54) is 4.90 Å². The fourth-order valence-corrected chi connectivity index (χ4v) is 5.97. The van der Waals surface area contributed by atoms with Gasteiger partial charge in [0.1, 0.15) is 23.9 Å². The van der Waals surface area contributed by atoms with Crippen molar-refractivity contribution in [2.45, 2.75) is 109 Å². The molecular formula is C35H47FN4O6Si. The van der Waals surface area contributed by atoms with Gasteiger partial charge in [0.05, 0.1) is 13.2 Å². The Morgan fingerprint density at radius 2 is 1.60 bits per heavy atom. The highest BCUT2D eigenvalue weighted by molar-refractivity contribution is 6.76. The molecule has 4 rings (SSSR count). The van der Waals surface area contributed by atoms with E-state index in [-0.39, 0.29) is 45.0 Å². The molecular weight excluding hydrogens is 619 g/mol. The molecule has 2 saturated heterocycles. The van der Waals surface area contributed by atoms with Crippen molar-refractivity contribution in [2.24, 2.45) is 5.92 Å². The Morgan fingerprint density at radius 3 is 2.23 bits per heavy atom. The van der Waals surface area contributed by atoms with Crippen molar-refractivity contribution in [1.29, 1.82) is 0 Å². The summed E-state index contributed by atoms with van der Waals surface area (Å²) in [5, 5.41) is 5.75. The Labute approximate surface area is 278 Å². The quantitative estimate of drug-likeness (QED) is 0.313. The molecule has 10 nitrogen and oxygen atoms in total. The van der Waals surface area contributed by atoms with Gasteiger partial charge in [0, 0.05) is 45.1 Å². The van der Waals surface area contributed by atoms with Gasteiger partial charge < -0.3 is 20.1 Å². The van der Waals surface area contributed by atoms with Crippen LogP contribution in [0.2, 0.25) is 25.7 Å². The Bertz CT molecular complexity index is 1440. The highest BCUT2D eigenvalue weighted by atomic mass is 28.3. The first kappa shape index (κ1) is 35.8. The molecule has 47 heavy (non-hydrogen) atoms. The Hall–Kier alpha value is -4.03. The molecule has 1 aromatic carbocycles. The summed E-state index contributed by atoms with van der Waals surface area (Å²) >= 11 is 0. The van der Waals surface area contributed by atoms with E-state index in [1.54, 1.807) is 20.8 Å². The van der Waals surface area contributed by atoms with Crippen LogP contribution in [0.4, 0.5) is 14.0 Å². The summed E-state index contributed by atoms with van der Waals surface area (Å²) in [5.74, 6) is 11.4. The van der Waals surface area contributed by atoms with Crippen LogP contribution in [0.5, 0.6) is 0 Å². The molecule has 3 aliphatic rings. The molecule has 0 aromatic heterocycles. The third kappa shape index (κ3) is 11.3. The monoisotopic (exact) mass is 666 g/mol. The Kier molecular flexibility index (Phi) is 11.6. The molecule has 4 atom stereocenters. The molecule has 2 heterocycles. The summed E-state index contributed by atoms with van der Waals surface area (Å²) in [6.45, 7) is 11.9. The highest BCUT2D eigenvalue weighted by Gasteiger charge is 2.45. The number of alkyl halides is 1. The largest absolute Gasteiger partial charge is 0.450 e. The molecule has 2 N–H and O–H groups in total. The van der Waals surface area contributed by atoms with Crippen LogP contribution in [0, 0.1) is 29.6 Å². The topological polar surface area (TPSA) is 117 Å². The fourth-order valence-electron chi connectivity index (χ4n) is 5.25. The SMILES string of the molecule is CC(C)(C)OC(=O)N1C[C@@H](F)C[C@H]1C(=O)N[C@@H]1C[C@H](C(=O)NCc2ccc(C#CC#CC3CC3)cc2)N(C(=O)OCC[Si](C)(C)C)C1. The zero-order valence-corrected chi connectivity index (χ0v) is 29.3. The number of rotatable bonds is 8. The Balaban J connectivity index is 1.39. The van der Waals surface area contributed by atoms with Crippen molar-refractivity contribution in [3.05, 3.63) is 35.4 Å². The number of ether oxygens (including phenoxy) is 2. The third-order valence-corrected chi connectivity index (χ3v) is 9.69. The molecule has 12 heteroatoms. The number of nitrogens with zero attached hydrogens (tertiary/aromatic N) is 2. The van der Waals surface area contributed by atoms with Crippen LogP contribution in [0.3, 0.4) is 0 Å². The number of amides is 4. The van der Waals surface area contributed by atoms with E-state index in [2.05, 4.69) is 54.0 Å². The second-order valence-electron chi connectivity index (χ2n) is 14.7. The number of benzene rings is 1. The summed E-state index contributed by atoms with van der Waals surface area (Å²) in [5.41, 5.74) is 0.859. The van der Waals surface area contributed by atoms with Gasteiger partial charge in [-0.1, -0.05) is 43.6 Å². The molecule has 3 fully saturated rings. The maximum atomic E-state index is 14.4. The normalized spacial score (nSPS) is 22.4. The van der Waals surface area contributed by atoms with Gasteiger partial charge in [0.15, 0.2) is 0 Å². The number of likely N-dealkylation sites (tertiary alicyclic amines) is 2. The molecule has 0 unspecified atom stereocenters. The van der Waals surface area contributed by atoms with Crippen molar-refractivity contribution in [3.8, 4) is 23.7 Å². The van der Waals surface area contributed by atoms with Crippen LogP contribution in [-0.2, 0) is 25.6 Å². The zero-order chi connectivity index (χ0) is 34.4. The first-order valence-corrected chi connectivity index (χ1v) is 20.0. The van der Waals surface area contributed by atoms with E-state index in [9.17, 15) is 23.6 Å². The lowest BCUT2D eigenvalue weighted by molar-refractivity contribution is -0.127. The fraction of sp³-hybridized carbons (Fsp3) is 0.600. The van der Waals surface area contributed by atoms with Gasteiger partial charge in [-0.05, 0) is 75.6 Å². The molecule has 1 saturated carbocycles. The van der Waals surface area contributed by atoms with Crippen molar-refractivity contribution in [1.82, 2.24) is 20.4 Å². The first-order valence-electron chi connectivity index (χ1n) is 16.3. The summed E-state index contributed by atoms with van der Waals surface area (Å²) in [6, 6.07) is 5.66. The van der Waals surface area contributed by atoms with Crippen LogP contribution in [-0.4, -0.2) is 91.5 Å². The predicted molar refractivity (Wildman–Crippen MR) is 178 cm³/mol. The summed E-state index contributed by atoms with van der Waals surface area (Å²) in [4.78, 5) is 55.2. The van der Waals surface area contributed by atoms with E-state index < -0.39 is 56.1 Å². The average molecular weight is 667 g/mol. The van der Waals surface area contributed by atoms with Crippen LogP contribution < -0.4 is 10.6 Å². The highest BCUT2D eigenvalue weighted by Crippen LogP contribution is 2.27. The third-order valence-electron chi connectivity index (χ3n) is 7.99. The lowest BCUT2D eigenvalue weighted by Gasteiger charge is -2.28. The van der Waals surface area contributed by atoms with Crippen LogP contribution in [0.1, 0.15) is 57.6 Å². The van der Waals surface area contributed by atoms with Crippen LogP contribution >= 0.6 is 0 Å². The van der Waals surface area contributed by atoms with E-state index in [0.717, 1.165) is 34.9 Å². The minimum Gasteiger partial charge on any atom is -0.450 e. The van der Waals surface area contributed by atoms with E-state index in [1.807, 2.05) is 24.3 Å². The second-order valence-corrected chi connectivity index (χ2v) is 20.3. The van der Waals surface area contributed by atoms with Gasteiger partial charge in [0.2, 0.25) is 11.8 Å². The van der Waals surface area contributed by atoms with Crippen LogP contribution in [0.25, 0.3) is 0 Å². The first-order chi connectivity index (χ1) is 22.1. The molecule has 1 aliphatic carbocycles. The van der Waals surface area contributed by atoms with E-state index in [4.69, 9.17) is 9.47 Å². The van der Waals surface area contributed by atoms with Crippen molar-refractivity contribution < 1.29 is 33.0 Å². The minimum atomic E-state index is -1.48. The van der Waals surface area contributed by atoms with Gasteiger partial charge in [-0.15, -0.1) is 0 Å². The molecule has 1 aromatic rings.